The summed E-state index contributed by atoms with van der Waals surface area (Å²) in [5.74, 6) is -0.454. The van der Waals surface area contributed by atoms with Crippen molar-refractivity contribution < 1.29 is 23.1 Å². The van der Waals surface area contributed by atoms with Gasteiger partial charge < -0.3 is 16.2 Å². The molecule has 0 bridgehead atoms. The van der Waals surface area contributed by atoms with Crippen molar-refractivity contribution in [1.29, 1.82) is 0 Å². The lowest BCUT2D eigenvalue weighted by Crippen LogP contribution is -2.50. The van der Waals surface area contributed by atoms with Crippen molar-refractivity contribution in [3.05, 3.63) is 64.7 Å². The number of phenolic OH excluding ortho intramolecular Hbond substituents is 1. The van der Waals surface area contributed by atoms with E-state index in [0.717, 1.165) is 11.1 Å². The number of nitrogens with two attached hydrogens (primary N) is 1. The molecule has 2 aliphatic heterocycles. The number of hydrogen-bond acceptors (Lipinski definition) is 6. The lowest BCUT2D eigenvalue weighted by Gasteiger charge is -2.34. The maximum Gasteiger partial charge on any atom is 0.253 e. The van der Waals surface area contributed by atoms with Crippen molar-refractivity contribution in [2.45, 2.75) is 31.7 Å². The van der Waals surface area contributed by atoms with Gasteiger partial charge in [-0.25, -0.2) is 12.7 Å². The molecule has 2 aromatic rings. The Labute approximate surface area is 192 Å². The van der Waals surface area contributed by atoms with Crippen LogP contribution in [0.4, 0.5) is 0 Å². The maximum atomic E-state index is 13.0. The Kier molecular flexibility index (Phi) is 5.98. The zero-order valence-corrected chi connectivity index (χ0v) is 19.1. The van der Waals surface area contributed by atoms with Crippen LogP contribution in [0.5, 0.6) is 5.75 Å². The van der Waals surface area contributed by atoms with Crippen LogP contribution >= 0.6 is 0 Å². The van der Waals surface area contributed by atoms with Crippen LogP contribution in [0.3, 0.4) is 0 Å². The van der Waals surface area contributed by atoms with Gasteiger partial charge >= 0.3 is 0 Å². The van der Waals surface area contributed by atoms with E-state index in [0.29, 0.717) is 17.0 Å². The van der Waals surface area contributed by atoms with Gasteiger partial charge in [-0.3, -0.25) is 14.6 Å². The zero-order valence-electron chi connectivity index (χ0n) is 18.2. The van der Waals surface area contributed by atoms with E-state index < -0.39 is 21.5 Å². The second-order valence-corrected chi connectivity index (χ2v) is 10.6. The number of aliphatic imine (C=N–C) groups is 1. The summed E-state index contributed by atoms with van der Waals surface area (Å²) in [4.78, 5) is 28.7. The number of aromatic hydroxyl groups is 1. The first-order chi connectivity index (χ1) is 15.6. The van der Waals surface area contributed by atoms with Gasteiger partial charge in [0.25, 0.3) is 5.91 Å². The van der Waals surface area contributed by atoms with Gasteiger partial charge in [0.15, 0.2) is 0 Å². The van der Waals surface area contributed by atoms with Crippen molar-refractivity contribution >= 4 is 27.7 Å². The van der Waals surface area contributed by atoms with Crippen LogP contribution in [-0.2, 0) is 21.2 Å². The number of sulfonamides is 1. The summed E-state index contributed by atoms with van der Waals surface area (Å²) in [6, 6.07) is 11.5. The fourth-order valence-corrected chi connectivity index (χ4v) is 5.72. The minimum Gasteiger partial charge on any atom is -0.508 e. The summed E-state index contributed by atoms with van der Waals surface area (Å²) in [6.07, 6.45) is 0.810. The van der Waals surface area contributed by atoms with Gasteiger partial charge in [0.2, 0.25) is 15.9 Å². The van der Waals surface area contributed by atoms with Crippen LogP contribution < -0.4 is 11.1 Å². The Morgan fingerprint density at radius 3 is 2.61 bits per heavy atom. The molecule has 4 rings (SSSR count). The first kappa shape index (κ1) is 22.9. The number of aryl methyl sites for hydroxylation is 2. The Bertz CT molecular complexity index is 1250. The summed E-state index contributed by atoms with van der Waals surface area (Å²) in [6.45, 7) is 2.23. The van der Waals surface area contributed by atoms with E-state index in [1.807, 2.05) is 6.92 Å². The number of amides is 2. The number of benzene rings is 2. The first-order valence-electron chi connectivity index (χ1n) is 10.7. The molecule has 1 saturated heterocycles. The van der Waals surface area contributed by atoms with Gasteiger partial charge in [0, 0.05) is 24.2 Å². The molecule has 33 heavy (non-hydrogen) atoms. The molecule has 2 aliphatic rings. The van der Waals surface area contributed by atoms with Crippen LogP contribution in [0.25, 0.3) is 0 Å². The lowest BCUT2D eigenvalue weighted by molar-refractivity contribution is -0.124. The Hall–Kier alpha value is -3.24. The Balaban J connectivity index is 1.43. The predicted molar refractivity (Wildman–Crippen MR) is 124 cm³/mol. The van der Waals surface area contributed by atoms with E-state index in [1.165, 1.54) is 16.4 Å². The highest BCUT2D eigenvalue weighted by Gasteiger charge is 2.47. The molecule has 174 valence electrons. The van der Waals surface area contributed by atoms with E-state index in [1.54, 1.807) is 30.3 Å². The van der Waals surface area contributed by atoms with Crippen molar-refractivity contribution in [1.82, 2.24) is 9.62 Å². The maximum absolute atomic E-state index is 13.0. The molecule has 9 nitrogen and oxygen atoms in total. The molecule has 1 fully saturated rings. The van der Waals surface area contributed by atoms with Crippen LogP contribution in [0.1, 0.15) is 39.9 Å². The van der Waals surface area contributed by atoms with Crippen molar-refractivity contribution in [2.75, 3.05) is 18.8 Å². The third-order valence-corrected chi connectivity index (χ3v) is 8.18. The van der Waals surface area contributed by atoms with Crippen LogP contribution in [-0.4, -0.2) is 59.9 Å². The summed E-state index contributed by atoms with van der Waals surface area (Å²) < 4.78 is 27.3. The number of rotatable bonds is 6. The number of nitrogens with zero attached hydrogens (tertiary/aromatic N) is 2. The van der Waals surface area contributed by atoms with E-state index in [9.17, 15) is 23.1 Å². The highest BCUT2D eigenvalue weighted by atomic mass is 32.2. The highest BCUT2D eigenvalue weighted by molar-refractivity contribution is 7.89. The quantitative estimate of drug-likeness (QED) is 0.579. The molecule has 4 N–H and O–H groups in total. The molecule has 1 spiro atoms. The molecule has 0 atom stereocenters. The molecule has 0 aliphatic carbocycles. The molecule has 0 radical (unpaired) electrons. The second-order valence-electron chi connectivity index (χ2n) is 8.47. The van der Waals surface area contributed by atoms with Gasteiger partial charge in [0.05, 0.1) is 5.75 Å². The fourth-order valence-electron chi connectivity index (χ4n) is 4.24. The van der Waals surface area contributed by atoms with Gasteiger partial charge in [-0.1, -0.05) is 18.2 Å². The van der Waals surface area contributed by atoms with Crippen LogP contribution in [0.15, 0.2) is 47.5 Å². The first-order valence-corrected chi connectivity index (χ1v) is 12.3. The van der Waals surface area contributed by atoms with Crippen LogP contribution in [0, 0.1) is 6.92 Å². The average molecular weight is 471 g/mol. The smallest absolute Gasteiger partial charge is 0.253 e. The second kappa shape index (κ2) is 8.60. The zero-order chi connectivity index (χ0) is 23.8. The van der Waals surface area contributed by atoms with Gasteiger partial charge in [-0.15, -0.1) is 0 Å². The molecule has 2 aromatic carbocycles. The summed E-state index contributed by atoms with van der Waals surface area (Å²) in [5, 5.41) is 12.5. The minimum absolute atomic E-state index is 0.0721. The SMILES string of the molecule is Cc1ccc(C(N)=O)cc1CCS(=O)(=O)N1CCC2(CC1)N=C(c1cccc(O)c1)NC2=O. The molecule has 0 saturated carbocycles. The number of hydrogen-bond donors (Lipinski definition) is 3. The monoisotopic (exact) mass is 470 g/mol. The molecule has 0 unspecified atom stereocenters. The molecule has 10 heteroatoms. The summed E-state index contributed by atoms with van der Waals surface area (Å²) >= 11 is 0. The normalized spacial score (nSPS) is 18.2. The third kappa shape index (κ3) is 4.62. The molecule has 2 heterocycles. The van der Waals surface area contributed by atoms with E-state index >= 15 is 0 Å². The van der Waals surface area contributed by atoms with Crippen molar-refractivity contribution in [3.8, 4) is 5.75 Å². The fraction of sp³-hybridized carbons (Fsp3) is 0.348. The standard InChI is InChI=1S/C23H26N4O5S/c1-15-5-6-17(20(24)29)13-16(15)7-12-33(31,32)27-10-8-23(9-11-27)22(30)25-21(26-23)18-3-2-4-19(28)14-18/h2-6,13-14,28H,7-12H2,1H3,(H2,24,29)(H,25,26,30). The van der Waals surface area contributed by atoms with Gasteiger partial charge in [-0.05, 0) is 61.6 Å². The molecular weight excluding hydrogens is 444 g/mol. The van der Waals surface area contributed by atoms with Gasteiger partial charge in [-0.2, -0.15) is 0 Å². The molecule has 0 aromatic heterocycles. The number of carbonyl (C=O) groups excluding carboxylic acids is 2. The van der Waals surface area contributed by atoms with Crippen molar-refractivity contribution in [2.24, 2.45) is 10.7 Å². The Morgan fingerprint density at radius 2 is 1.94 bits per heavy atom. The molecular formula is C23H26N4O5S. The number of carbonyl (C=O) groups is 2. The minimum atomic E-state index is -3.56. The number of primary amides is 1. The summed E-state index contributed by atoms with van der Waals surface area (Å²) in [7, 11) is -3.56. The third-order valence-electron chi connectivity index (χ3n) is 6.31. The summed E-state index contributed by atoms with van der Waals surface area (Å²) in [5.41, 5.74) is 6.94. The number of amidine groups is 1. The number of nitrogens with one attached hydrogen (secondary N) is 1. The highest BCUT2D eigenvalue weighted by Crippen LogP contribution is 2.32. The van der Waals surface area contributed by atoms with E-state index in [2.05, 4.69) is 10.3 Å². The lowest BCUT2D eigenvalue weighted by atomic mass is 9.89. The van der Waals surface area contributed by atoms with Crippen LogP contribution in [0.2, 0.25) is 0 Å². The number of piperidine rings is 1. The van der Waals surface area contributed by atoms with Crippen molar-refractivity contribution in [3.63, 3.8) is 0 Å². The number of phenols is 1. The van der Waals surface area contributed by atoms with Gasteiger partial charge in [0.1, 0.15) is 17.1 Å². The predicted octanol–water partition coefficient (Wildman–Crippen LogP) is 1.08. The van der Waals surface area contributed by atoms with E-state index in [4.69, 9.17) is 5.73 Å². The molecule has 2 amide bonds. The average Bonchev–Trinajstić information content (AvgIpc) is 3.09. The largest absolute Gasteiger partial charge is 0.508 e. The van der Waals surface area contributed by atoms with E-state index in [-0.39, 0.29) is 49.8 Å². The topological polar surface area (TPSA) is 142 Å². The Morgan fingerprint density at radius 1 is 1.21 bits per heavy atom.